The number of carbonyl (C=O) groups excluding carboxylic acids is 1. The Labute approximate surface area is 130 Å². The number of hydrogen-bond acceptors (Lipinski definition) is 4. The first-order valence-corrected chi connectivity index (χ1v) is 8.17. The Morgan fingerprint density at radius 1 is 1.05 bits per heavy atom. The highest BCUT2D eigenvalue weighted by Gasteiger charge is 2.13. The monoisotopic (exact) mass is 319 g/mol. The summed E-state index contributed by atoms with van der Waals surface area (Å²) >= 11 is 0. The van der Waals surface area contributed by atoms with Gasteiger partial charge in [-0.3, -0.25) is 0 Å². The summed E-state index contributed by atoms with van der Waals surface area (Å²) in [7, 11) is -2.17. The summed E-state index contributed by atoms with van der Waals surface area (Å²) in [5.74, 6) is -0.492. The van der Waals surface area contributed by atoms with Crippen LogP contribution >= 0.6 is 0 Å². The van der Waals surface area contributed by atoms with Crippen LogP contribution in [0.25, 0.3) is 0 Å². The molecule has 0 aliphatic carbocycles. The van der Waals surface area contributed by atoms with Crippen LogP contribution < -0.4 is 4.72 Å². The first-order valence-electron chi connectivity index (χ1n) is 6.68. The minimum atomic E-state index is -3.50. The molecule has 116 valence electrons. The van der Waals surface area contributed by atoms with E-state index in [4.69, 9.17) is 4.74 Å². The van der Waals surface area contributed by atoms with E-state index in [-0.39, 0.29) is 11.5 Å². The van der Waals surface area contributed by atoms with Gasteiger partial charge in [0.2, 0.25) is 10.0 Å². The summed E-state index contributed by atoms with van der Waals surface area (Å²) in [4.78, 5) is 12.0. The molecule has 22 heavy (non-hydrogen) atoms. The van der Waals surface area contributed by atoms with E-state index >= 15 is 0 Å². The lowest BCUT2D eigenvalue weighted by Crippen LogP contribution is -2.18. The third-order valence-electron chi connectivity index (χ3n) is 3.16. The molecule has 0 aromatic heterocycles. The Balaban J connectivity index is 2.02. The Morgan fingerprint density at radius 2 is 1.64 bits per heavy atom. The molecule has 0 aliphatic rings. The molecule has 0 fully saturated rings. The quantitative estimate of drug-likeness (QED) is 0.858. The van der Waals surface area contributed by atoms with Crippen molar-refractivity contribution in [3.05, 3.63) is 65.2 Å². The summed E-state index contributed by atoms with van der Waals surface area (Å²) in [6, 6.07) is 13.3. The smallest absolute Gasteiger partial charge is 0.338 e. The van der Waals surface area contributed by atoms with Gasteiger partial charge in [0, 0.05) is 0 Å². The first kappa shape index (κ1) is 16.2. The fourth-order valence-electron chi connectivity index (χ4n) is 1.80. The number of benzene rings is 2. The molecular formula is C16H17NO4S. The summed E-state index contributed by atoms with van der Waals surface area (Å²) in [5, 5.41) is 0. The van der Waals surface area contributed by atoms with Crippen molar-refractivity contribution >= 4 is 16.0 Å². The number of ether oxygens (including phenoxy) is 1. The van der Waals surface area contributed by atoms with Crippen molar-refractivity contribution in [3.8, 4) is 0 Å². The molecular weight excluding hydrogens is 302 g/mol. The minimum Gasteiger partial charge on any atom is -0.457 e. The molecule has 0 saturated heterocycles. The molecule has 2 rings (SSSR count). The fourth-order valence-corrected chi connectivity index (χ4v) is 2.53. The molecule has 0 bridgehead atoms. The van der Waals surface area contributed by atoms with Gasteiger partial charge in [-0.1, -0.05) is 29.8 Å². The van der Waals surface area contributed by atoms with Crippen LogP contribution in [0, 0.1) is 6.92 Å². The van der Waals surface area contributed by atoms with Crippen LogP contribution in [0.4, 0.5) is 0 Å². The second-order valence-electron chi connectivity index (χ2n) is 4.79. The van der Waals surface area contributed by atoms with Crippen molar-refractivity contribution < 1.29 is 17.9 Å². The Bertz CT molecular complexity index is 750. The zero-order valence-electron chi connectivity index (χ0n) is 12.4. The molecule has 0 unspecified atom stereocenters. The van der Waals surface area contributed by atoms with E-state index in [0.29, 0.717) is 5.56 Å². The van der Waals surface area contributed by atoms with Crippen molar-refractivity contribution in [2.24, 2.45) is 0 Å². The minimum absolute atomic E-state index is 0.102. The molecule has 2 aromatic rings. The van der Waals surface area contributed by atoms with Gasteiger partial charge in [-0.15, -0.1) is 0 Å². The predicted octanol–water partition coefficient (Wildman–Crippen LogP) is 2.26. The Morgan fingerprint density at radius 3 is 2.18 bits per heavy atom. The summed E-state index contributed by atoms with van der Waals surface area (Å²) in [6.07, 6.45) is 0. The molecule has 6 heteroatoms. The largest absolute Gasteiger partial charge is 0.457 e. The maximum atomic E-state index is 11.9. The van der Waals surface area contributed by atoms with Crippen molar-refractivity contribution in [2.75, 3.05) is 7.05 Å². The summed E-state index contributed by atoms with van der Waals surface area (Å²) in [6.45, 7) is 2.16. The van der Waals surface area contributed by atoms with Gasteiger partial charge >= 0.3 is 5.97 Å². The Kier molecular flexibility index (Phi) is 4.95. The van der Waals surface area contributed by atoms with Gasteiger partial charge in [0.25, 0.3) is 0 Å². The van der Waals surface area contributed by atoms with Gasteiger partial charge in [0.1, 0.15) is 6.61 Å². The number of nitrogens with one attached hydrogen (secondary N) is 1. The van der Waals surface area contributed by atoms with Crippen molar-refractivity contribution in [3.63, 3.8) is 0 Å². The van der Waals surface area contributed by atoms with E-state index in [9.17, 15) is 13.2 Å². The highest BCUT2D eigenvalue weighted by atomic mass is 32.2. The van der Waals surface area contributed by atoms with Crippen molar-refractivity contribution in [1.82, 2.24) is 4.72 Å². The SMILES string of the molecule is CNS(=O)(=O)c1ccc(C(=O)OCc2ccc(C)cc2)cc1. The molecule has 0 aliphatic heterocycles. The number of hydrogen-bond donors (Lipinski definition) is 1. The van der Waals surface area contributed by atoms with Crippen LogP contribution in [0.15, 0.2) is 53.4 Å². The molecule has 5 nitrogen and oxygen atoms in total. The lowest BCUT2D eigenvalue weighted by molar-refractivity contribution is 0.0472. The molecule has 0 saturated carbocycles. The number of rotatable bonds is 5. The zero-order valence-corrected chi connectivity index (χ0v) is 13.2. The number of esters is 1. The third-order valence-corrected chi connectivity index (χ3v) is 4.59. The van der Waals surface area contributed by atoms with E-state index in [1.54, 1.807) is 0 Å². The average Bonchev–Trinajstić information content (AvgIpc) is 2.54. The van der Waals surface area contributed by atoms with Crippen LogP contribution in [-0.4, -0.2) is 21.4 Å². The van der Waals surface area contributed by atoms with Crippen molar-refractivity contribution in [2.45, 2.75) is 18.4 Å². The van der Waals surface area contributed by atoms with Gasteiger partial charge < -0.3 is 4.74 Å². The lowest BCUT2D eigenvalue weighted by atomic mass is 10.2. The number of aryl methyl sites for hydroxylation is 1. The standard InChI is InChI=1S/C16H17NO4S/c1-12-3-5-13(6-4-12)11-21-16(18)14-7-9-15(10-8-14)22(19,20)17-2/h3-10,17H,11H2,1-2H3. The zero-order chi connectivity index (χ0) is 16.2. The number of carbonyl (C=O) groups is 1. The summed E-state index contributed by atoms with van der Waals surface area (Å²) in [5.41, 5.74) is 2.34. The first-order chi connectivity index (χ1) is 10.4. The van der Waals surface area contributed by atoms with Crippen LogP contribution in [0.3, 0.4) is 0 Å². The van der Waals surface area contributed by atoms with Crippen LogP contribution in [0.2, 0.25) is 0 Å². The van der Waals surface area contributed by atoms with E-state index < -0.39 is 16.0 Å². The molecule has 0 heterocycles. The van der Waals surface area contributed by atoms with Crippen LogP contribution in [-0.2, 0) is 21.4 Å². The molecule has 0 amide bonds. The highest BCUT2D eigenvalue weighted by molar-refractivity contribution is 7.89. The lowest BCUT2D eigenvalue weighted by Gasteiger charge is -2.06. The molecule has 2 aromatic carbocycles. The maximum absolute atomic E-state index is 11.9. The second kappa shape index (κ2) is 6.72. The number of sulfonamides is 1. The van der Waals surface area contributed by atoms with E-state index in [2.05, 4.69) is 4.72 Å². The molecule has 0 spiro atoms. The van der Waals surface area contributed by atoms with Crippen LogP contribution in [0.1, 0.15) is 21.5 Å². The van der Waals surface area contributed by atoms with Gasteiger partial charge in [-0.2, -0.15) is 0 Å². The van der Waals surface area contributed by atoms with E-state index in [1.165, 1.54) is 31.3 Å². The molecule has 1 N–H and O–H groups in total. The van der Waals surface area contributed by atoms with E-state index in [0.717, 1.165) is 11.1 Å². The second-order valence-corrected chi connectivity index (χ2v) is 6.68. The van der Waals surface area contributed by atoms with Crippen LogP contribution in [0.5, 0.6) is 0 Å². The molecule has 0 radical (unpaired) electrons. The average molecular weight is 319 g/mol. The topological polar surface area (TPSA) is 72.5 Å². The molecule has 0 atom stereocenters. The normalized spacial score (nSPS) is 11.2. The maximum Gasteiger partial charge on any atom is 0.338 e. The fraction of sp³-hybridized carbons (Fsp3) is 0.188. The third kappa shape index (κ3) is 3.93. The highest BCUT2D eigenvalue weighted by Crippen LogP contribution is 2.12. The van der Waals surface area contributed by atoms with E-state index in [1.807, 2.05) is 31.2 Å². The predicted molar refractivity (Wildman–Crippen MR) is 83.0 cm³/mol. The van der Waals surface area contributed by atoms with Gasteiger partial charge in [0.05, 0.1) is 10.5 Å². The van der Waals surface area contributed by atoms with Gasteiger partial charge in [-0.25, -0.2) is 17.9 Å². The van der Waals surface area contributed by atoms with Gasteiger partial charge in [0.15, 0.2) is 0 Å². The Hall–Kier alpha value is -2.18. The summed E-state index contributed by atoms with van der Waals surface area (Å²) < 4.78 is 30.6. The van der Waals surface area contributed by atoms with Gasteiger partial charge in [-0.05, 0) is 43.8 Å². The van der Waals surface area contributed by atoms with Crippen molar-refractivity contribution in [1.29, 1.82) is 0 Å².